The molecule has 1 aliphatic rings. The molecule has 0 saturated heterocycles. The molecule has 1 amide bonds. The monoisotopic (exact) mass is 398 g/mol. The van der Waals surface area contributed by atoms with Crippen molar-refractivity contribution < 1.29 is 23.1 Å². The average Bonchev–Trinajstić information content (AvgIpc) is 3.07. The van der Waals surface area contributed by atoms with Crippen LogP contribution in [-0.2, 0) is 18.3 Å². The Hall–Kier alpha value is -2.12. The maximum Gasteiger partial charge on any atom is 0.417 e. The van der Waals surface area contributed by atoms with E-state index in [0.717, 1.165) is 30.7 Å². The quantitative estimate of drug-likeness (QED) is 0.800. The Bertz CT molecular complexity index is 849. The second-order valence-corrected chi connectivity index (χ2v) is 6.98. The Kier molecular flexibility index (Phi) is 5.44. The summed E-state index contributed by atoms with van der Waals surface area (Å²) in [4.78, 5) is 16.0. The van der Waals surface area contributed by atoms with Gasteiger partial charge in [-0.05, 0) is 30.0 Å². The van der Waals surface area contributed by atoms with E-state index in [0.29, 0.717) is 18.4 Å². The maximum absolute atomic E-state index is 12.9. The molecular formula is C19H18ClF3N2O2. The molecule has 1 aromatic carbocycles. The molecule has 8 heteroatoms. The highest BCUT2D eigenvalue weighted by Gasteiger charge is 2.36. The van der Waals surface area contributed by atoms with Crippen molar-refractivity contribution in [2.45, 2.75) is 44.0 Å². The summed E-state index contributed by atoms with van der Waals surface area (Å²) in [7, 11) is 0. The first kappa shape index (κ1) is 19.6. The molecular weight excluding hydrogens is 381 g/mol. The van der Waals surface area contributed by atoms with Crippen LogP contribution in [-0.4, -0.2) is 16.0 Å². The number of carbonyl (C=O) groups is 1. The molecule has 0 aliphatic heterocycles. The van der Waals surface area contributed by atoms with Crippen molar-refractivity contribution in [3.05, 3.63) is 63.9 Å². The Morgan fingerprint density at radius 1 is 1.22 bits per heavy atom. The van der Waals surface area contributed by atoms with Crippen LogP contribution in [0.15, 0.2) is 36.5 Å². The van der Waals surface area contributed by atoms with Crippen LogP contribution in [0.1, 0.15) is 52.9 Å². The molecule has 1 saturated carbocycles. The van der Waals surface area contributed by atoms with E-state index in [2.05, 4.69) is 10.3 Å². The fraction of sp³-hybridized carbons (Fsp3) is 0.368. The zero-order valence-electron chi connectivity index (χ0n) is 14.3. The highest BCUT2D eigenvalue weighted by molar-refractivity contribution is 6.34. The lowest BCUT2D eigenvalue weighted by Gasteiger charge is -2.25. The van der Waals surface area contributed by atoms with Crippen LogP contribution in [0.4, 0.5) is 13.2 Å². The smallest absolute Gasteiger partial charge is 0.385 e. The van der Waals surface area contributed by atoms with E-state index in [1.807, 2.05) is 12.1 Å². The summed E-state index contributed by atoms with van der Waals surface area (Å²) in [6.07, 6.45) is -0.661. The summed E-state index contributed by atoms with van der Waals surface area (Å²) < 4.78 is 38.8. The number of benzene rings is 1. The van der Waals surface area contributed by atoms with E-state index in [-0.39, 0.29) is 6.54 Å². The minimum Gasteiger partial charge on any atom is -0.385 e. The number of amides is 1. The number of alkyl halides is 3. The molecule has 0 radical (unpaired) electrons. The summed E-state index contributed by atoms with van der Waals surface area (Å²) in [6, 6.07) is 7.89. The van der Waals surface area contributed by atoms with Gasteiger partial charge in [-0.1, -0.05) is 48.7 Å². The standard InChI is InChI=1S/C19H18ClF3N2O2/c20-15-14(19(21,22)23)7-10-24-16(15)17(26)25-11-12-5-1-2-6-13(12)18(27)8-3-4-9-18/h1-2,5-7,10,27H,3-4,8-9,11H2,(H,25,26). The third-order valence-electron chi connectivity index (χ3n) is 4.80. The van der Waals surface area contributed by atoms with Crippen molar-refractivity contribution in [2.24, 2.45) is 0 Å². The van der Waals surface area contributed by atoms with Crippen molar-refractivity contribution in [2.75, 3.05) is 0 Å². The van der Waals surface area contributed by atoms with Gasteiger partial charge in [0.15, 0.2) is 0 Å². The van der Waals surface area contributed by atoms with Crippen molar-refractivity contribution in [1.82, 2.24) is 10.3 Å². The van der Waals surface area contributed by atoms with Gasteiger partial charge in [0.05, 0.1) is 16.2 Å². The van der Waals surface area contributed by atoms with Crippen LogP contribution < -0.4 is 5.32 Å². The lowest BCUT2D eigenvalue weighted by atomic mass is 9.88. The minimum atomic E-state index is -4.67. The third kappa shape index (κ3) is 4.09. The van der Waals surface area contributed by atoms with E-state index in [1.165, 1.54) is 0 Å². The van der Waals surface area contributed by atoms with E-state index in [4.69, 9.17) is 11.6 Å². The Balaban J connectivity index is 1.80. The molecule has 1 aromatic heterocycles. The predicted molar refractivity (Wildman–Crippen MR) is 94.2 cm³/mol. The van der Waals surface area contributed by atoms with Crippen LogP contribution in [0, 0.1) is 0 Å². The largest absolute Gasteiger partial charge is 0.417 e. The van der Waals surface area contributed by atoms with Gasteiger partial charge in [0.1, 0.15) is 5.69 Å². The highest BCUT2D eigenvalue weighted by Crippen LogP contribution is 2.40. The van der Waals surface area contributed by atoms with Gasteiger partial charge in [-0.25, -0.2) is 4.98 Å². The van der Waals surface area contributed by atoms with E-state index in [9.17, 15) is 23.1 Å². The first-order valence-corrected chi connectivity index (χ1v) is 8.91. The summed E-state index contributed by atoms with van der Waals surface area (Å²) in [6.45, 7) is 0.0472. The zero-order valence-corrected chi connectivity index (χ0v) is 15.1. The Morgan fingerprint density at radius 2 is 1.89 bits per heavy atom. The third-order valence-corrected chi connectivity index (χ3v) is 5.18. The van der Waals surface area contributed by atoms with Crippen LogP contribution >= 0.6 is 11.6 Å². The molecule has 3 rings (SSSR count). The lowest BCUT2D eigenvalue weighted by molar-refractivity contribution is -0.137. The average molecular weight is 399 g/mol. The number of nitrogens with one attached hydrogen (secondary N) is 1. The summed E-state index contributed by atoms with van der Waals surface area (Å²) in [5.74, 6) is -0.806. The van der Waals surface area contributed by atoms with Crippen molar-refractivity contribution in [3.8, 4) is 0 Å². The number of hydrogen-bond donors (Lipinski definition) is 2. The van der Waals surface area contributed by atoms with Crippen molar-refractivity contribution in [3.63, 3.8) is 0 Å². The number of aliphatic hydroxyl groups is 1. The summed E-state index contributed by atoms with van der Waals surface area (Å²) in [5, 5.41) is 12.6. The fourth-order valence-corrected chi connectivity index (χ4v) is 3.74. The van der Waals surface area contributed by atoms with Crippen LogP contribution in [0.2, 0.25) is 5.02 Å². The number of carbonyl (C=O) groups excluding carboxylic acids is 1. The van der Waals surface area contributed by atoms with E-state index < -0.39 is 34.0 Å². The molecule has 1 fully saturated rings. The summed E-state index contributed by atoms with van der Waals surface area (Å²) in [5.41, 5.74) is -1.09. The normalized spacial score (nSPS) is 16.3. The zero-order chi connectivity index (χ0) is 19.7. The summed E-state index contributed by atoms with van der Waals surface area (Å²) >= 11 is 5.74. The number of halogens is 4. The van der Waals surface area contributed by atoms with Crippen molar-refractivity contribution >= 4 is 17.5 Å². The first-order chi connectivity index (χ1) is 12.7. The fourth-order valence-electron chi connectivity index (χ4n) is 3.44. The molecule has 1 heterocycles. The van der Waals surface area contributed by atoms with Gasteiger partial charge >= 0.3 is 6.18 Å². The van der Waals surface area contributed by atoms with Crippen LogP contribution in [0.25, 0.3) is 0 Å². The number of nitrogens with zero attached hydrogens (tertiary/aromatic N) is 1. The first-order valence-electron chi connectivity index (χ1n) is 8.53. The molecule has 1 aliphatic carbocycles. The van der Waals surface area contributed by atoms with Gasteiger partial charge in [-0.3, -0.25) is 4.79 Å². The minimum absolute atomic E-state index is 0.0472. The number of hydrogen-bond acceptors (Lipinski definition) is 3. The second-order valence-electron chi connectivity index (χ2n) is 6.60. The molecule has 2 N–H and O–H groups in total. The van der Waals surface area contributed by atoms with Gasteiger partial charge in [0.2, 0.25) is 0 Å². The lowest BCUT2D eigenvalue weighted by Crippen LogP contribution is -2.28. The van der Waals surface area contributed by atoms with E-state index >= 15 is 0 Å². The van der Waals surface area contributed by atoms with Gasteiger partial charge in [0, 0.05) is 12.7 Å². The Morgan fingerprint density at radius 3 is 2.56 bits per heavy atom. The molecule has 0 atom stereocenters. The SMILES string of the molecule is O=C(NCc1ccccc1C1(O)CCCC1)c1nccc(C(F)(F)F)c1Cl. The molecule has 2 aromatic rings. The predicted octanol–water partition coefficient (Wildman–Crippen LogP) is 4.45. The molecule has 27 heavy (non-hydrogen) atoms. The second kappa shape index (κ2) is 7.48. The molecule has 0 unspecified atom stereocenters. The Labute approximate surface area is 159 Å². The molecule has 0 spiro atoms. The molecule has 0 bridgehead atoms. The maximum atomic E-state index is 12.9. The van der Waals surface area contributed by atoms with Crippen molar-refractivity contribution in [1.29, 1.82) is 0 Å². The van der Waals surface area contributed by atoms with Crippen LogP contribution in [0.5, 0.6) is 0 Å². The van der Waals surface area contributed by atoms with Gasteiger partial charge in [-0.15, -0.1) is 0 Å². The number of aromatic nitrogens is 1. The topological polar surface area (TPSA) is 62.2 Å². The number of rotatable bonds is 4. The van der Waals surface area contributed by atoms with Gasteiger partial charge < -0.3 is 10.4 Å². The number of pyridine rings is 1. The highest BCUT2D eigenvalue weighted by atomic mass is 35.5. The molecule has 144 valence electrons. The van der Waals surface area contributed by atoms with Crippen LogP contribution in [0.3, 0.4) is 0 Å². The van der Waals surface area contributed by atoms with Gasteiger partial charge in [-0.2, -0.15) is 13.2 Å². The van der Waals surface area contributed by atoms with E-state index in [1.54, 1.807) is 12.1 Å². The van der Waals surface area contributed by atoms with Gasteiger partial charge in [0.25, 0.3) is 5.91 Å². The molecule has 4 nitrogen and oxygen atoms in total.